The summed E-state index contributed by atoms with van der Waals surface area (Å²) in [5.74, 6) is 1.18. The maximum Gasteiger partial charge on any atom is 0.254 e. The second kappa shape index (κ2) is 5.65. The number of benzene rings is 1. The molecule has 1 unspecified atom stereocenters. The van der Waals surface area contributed by atoms with Crippen molar-refractivity contribution in [2.75, 3.05) is 24.6 Å². The summed E-state index contributed by atoms with van der Waals surface area (Å²) in [6.45, 7) is 5.84. The van der Waals surface area contributed by atoms with Gasteiger partial charge in [-0.15, -0.1) is 0 Å². The highest BCUT2D eigenvalue weighted by atomic mass is 32.2. The molecule has 0 bridgehead atoms. The predicted octanol–water partition coefficient (Wildman–Crippen LogP) is 2.54. The standard InChI is InChI=1S/C14H20N2OS/c1-3-12-9-16(6-7-18-12)14(17)13-5-4-11(15)8-10(13)2/h4-5,8,12H,3,6-7,9,15H2,1-2H3. The second-order valence-electron chi connectivity index (χ2n) is 4.73. The van der Waals surface area contributed by atoms with E-state index < -0.39 is 0 Å². The Labute approximate surface area is 113 Å². The van der Waals surface area contributed by atoms with Crippen molar-refractivity contribution in [1.29, 1.82) is 0 Å². The van der Waals surface area contributed by atoms with Gasteiger partial charge in [0.2, 0.25) is 0 Å². The Hall–Kier alpha value is -1.16. The van der Waals surface area contributed by atoms with Crippen LogP contribution in [-0.2, 0) is 0 Å². The van der Waals surface area contributed by atoms with E-state index in [1.807, 2.05) is 35.7 Å². The number of amides is 1. The Balaban J connectivity index is 2.15. The number of hydrogen-bond acceptors (Lipinski definition) is 3. The van der Waals surface area contributed by atoms with E-state index >= 15 is 0 Å². The summed E-state index contributed by atoms with van der Waals surface area (Å²) in [6.07, 6.45) is 1.12. The molecule has 0 spiro atoms. The summed E-state index contributed by atoms with van der Waals surface area (Å²) >= 11 is 1.97. The zero-order valence-electron chi connectivity index (χ0n) is 11.0. The summed E-state index contributed by atoms with van der Waals surface area (Å²) in [4.78, 5) is 14.4. The third kappa shape index (κ3) is 2.80. The lowest BCUT2D eigenvalue weighted by atomic mass is 10.1. The van der Waals surface area contributed by atoms with Gasteiger partial charge in [0, 0.05) is 35.3 Å². The summed E-state index contributed by atoms with van der Waals surface area (Å²) in [5, 5.41) is 0.580. The molecule has 4 heteroatoms. The molecule has 0 saturated carbocycles. The van der Waals surface area contributed by atoms with E-state index in [4.69, 9.17) is 5.73 Å². The van der Waals surface area contributed by atoms with Gasteiger partial charge in [0.1, 0.15) is 0 Å². The molecule has 1 aromatic rings. The fourth-order valence-corrected chi connectivity index (χ4v) is 3.43. The van der Waals surface area contributed by atoms with Crippen LogP contribution in [0.25, 0.3) is 0 Å². The number of nitrogens with two attached hydrogens (primary N) is 1. The first kappa shape index (κ1) is 13.3. The van der Waals surface area contributed by atoms with E-state index in [9.17, 15) is 4.79 Å². The van der Waals surface area contributed by atoms with E-state index in [0.717, 1.165) is 36.4 Å². The van der Waals surface area contributed by atoms with E-state index in [1.54, 1.807) is 6.07 Å². The van der Waals surface area contributed by atoms with Crippen molar-refractivity contribution in [3.63, 3.8) is 0 Å². The minimum atomic E-state index is 0.145. The largest absolute Gasteiger partial charge is 0.399 e. The van der Waals surface area contributed by atoms with Crippen LogP contribution in [0.5, 0.6) is 0 Å². The molecule has 1 saturated heterocycles. The van der Waals surface area contributed by atoms with E-state index in [0.29, 0.717) is 10.9 Å². The van der Waals surface area contributed by atoms with Crippen LogP contribution in [0.2, 0.25) is 0 Å². The molecule has 2 N–H and O–H groups in total. The molecule has 1 amide bonds. The highest BCUT2D eigenvalue weighted by Gasteiger charge is 2.24. The van der Waals surface area contributed by atoms with Crippen LogP contribution in [0.4, 0.5) is 5.69 Å². The van der Waals surface area contributed by atoms with Crippen molar-refractivity contribution >= 4 is 23.4 Å². The third-order valence-electron chi connectivity index (χ3n) is 3.36. The van der Waals surface area contributed by atoms with Gasteiger partial charge in [0.25, 0.3) is 5.91 Å². The number of anilines is 1. The molecule has 1 atom stereocenters. The van der Waals surface area contributed by atoms with Gasteiger partial charge in [-0.2, -0.15) is 11.8 Å². The second-order valence-corrected chi connectivity index (χ2v) is 6.13. The van der Waals surface area contributed by atoms with Crippen molar-refractivity contribution < 1.29 is 4.79 Å². The van der Waals surface area contributed by atoms with Crippen LogP contribution in [0.1, 0.15) is 29.3 Å². The summed E-state index contributed by atoms with van der Waals surface area (Å²) in [7, 11) is 0. The van der Waals surface area contributed by atoms with Gasteiger partial charge in [0.05, 0.1) is 0 Å². The SMILES string of the molecule is CCC1CN(C(=O)c2ccc(N)cc2C)CCS1. The molecule has 1 heterocycles. The van der Waals surface area contributed by atoms with Crippen molar-refractivity contribution in [3.8, 4) is 0 Å². The zero-order chi connectivity index (χ0) is 13.1. The lowest BCUT2D eigenvalue weighted by molar-refractivity contribution is 0.0760. The maximum atomic E-state index is 12.5. The van der Waals surface area contributed by atoms with E-state index in [-0.39, 0.29) is 5.91 Å². The van der Waals surface area contributed by atoms with Gasteiger partial charge in [-0.1, -0.05) is 6.92 Å². The Morgan fingerprint density at radius 1 is 1.56 bits per heavy atom. The molecule has 1 aliphatic heterocycles. The lowest BCUT2D eigenvalue weighted by Gasteiger charge is -2.32. The number of nitrogens with zero attached hydrogens (tertiary/aromatic N) is 1. The topological polar surface area (TPSA) is 46.3 Å². The van der Waals surface area contributed by atoms with E-state index in [1.165, 1.54) is 0 Å². The fourth-order valence-electron chi connectivity index (χ4n) is 2.25. The van der Waals surface area contributed by atoms with Gasteiger partial charge in [0.15, 0.2) is 0 Å². The molecule has 18 heavy (non-hydrogen) atoms. The molecule has 2 rings (SSSR count). The highest BCUT2D eigenvalue weighted by molar-refractivity contribution is 8.00. The molecule has 0 aliphatic carbocycles. The molecule has 0 radical (unpaired) electrons. The number of rotatable bonds is 2. The summed E-state index contributed by atoms with van der Waals surface area (Å²) < 4.78 is 0. The molecule has 1 fully saturated rings. The Morgan fingerprint density at radius 3 is 3.00 bits per heavy atom. The fraction of sp³-hybridized carbons (Fsp3) is 0.500. The van der Waals surface area contributed by atoms with Gasteiger partial charge in [-0.05, 0) is 37.1 Å². The number of carbonyl (C=O) groups is 1. The van der Waals surface area contributed by atoms with Crippen LogP contribution >= 0.6 is 11.8 Å². The van der Waals surface area contributed by atoms with Gasteiger partial charge in [-0.3, -0.25) is 4.79 Å². The molecular formula is C14H20N2OS. The van der Waals surface area contributed by atoms with Crippen molar-refractivity contribution in [3.05, 3.63) is 29.3 Å². The average Bonchev–Trinajstić information content (AvgIpc) is 2.38. The van der Waals surface area contributed by atoms with Crippen LogP contribution in [0.15, 0.2) is 18.2 Å². The molecular weight excluding hydrogens is 244 g/mol. The van der Waals surface area contributed by atoms with Crippen molar-refractivity contribution in [2.45, 2.75) is 25.5 Å². The minimum Gasteiger partial charge on any atom is -0.399 e. The monoisotopic (exact) mass is 264 g/mol. The van der Waals surface area contributed by atoms with Crippen LogP contribution in [0.3, 0.4) is 0 Å². The Kier molecular flexibility index (Phi) is 4.17. The zero-order valence-corrected chi connectivity index (χ0v) is 11.8. The normalized spacial score (nSPS) is 19.9. The first-order valence-corrected chi connectivity index (χ1v) is 7.43. The van der Waals surface area contributed by atoms with Gasteiger partial charge < -0.3 is 10.6 Å². The van der Waals surface area contributed by atoms with Crippen molar-refractivity contribution in [1.82, 2.24) is 4.90 Å². The number of nitrogen functional groups attached to an aromatic ring is 1. The first-order valence-electron chi connectivity index (χ1n) is 6.38. The number of carbonyl (C=O) groups excluding carboxylic acids is 1. The van der Waals surface area contributed by atoms with Crippen molar-refractivity contribution in [2.24, 2.45) is 0 Å². The maximum absolute atomic E-state index is 12.5. The summed E-state index contributed by atoms with van der Waals surface area (Å²) in [5.41, 5.74) is 8.18. The molecule has 1 aromatic carbocycles. The van der Waals surface area contributed by atoms with Crippen LogP contribution < -0.4 is 5.73 Å². The quantitative estimate of drug-likeness (QED) is 0.835. The average molecular weight is 264 g/mol. The molecule has 0 aromatic heterocycles. The van der Waals surface area contributed by atoms with E-state index in [2.05, 4.69) is 6.92 Å². The Morgan fingerprint density at radius 2 is 2.33 bits per heavy atom. The number of hydrogen-bond donors (Lipinski definition) is 1. The molecule has 98 valence electrons. The first-order chi connectivity index (χ1) is 8.61. The van der Waals surface area contributed by atoms with Gasteiger partial charge >= 0.3 is 0 Å². The number of aryl methyl sites for hydroxylation is 1. The van der Waals surface area contributed by atoms with Crippen LogP contribution in [-0.4, -0.2) is 34.9 Å². The predicted molar refractivity (Wildman–Crippen MR) is 78.0 cm³/mol. The third-order valence-corrected chi connectivity index (χ3v) is 4.73. The minimum absolute atomic E-state index is 0.145. The van der Waals surface area contributed by atoms with Crippen LogP contribution in [0, 0.1) is 6.92 Å². The molecule has 1 aliphatic rings. The molecule has 3 nitrogen and oxygen atoms in total. The highest BCUT2D eigenvalue weighted by Crippen LogP contribution is 2.23. The summed E-state index contributed by atoms with van der Waals surface area (Å²) in [6, 6.07) is 5.51. The lowest BCUT2D eigenvalue weighted by Crippen LogP contribution is -2.42. The number of thioether (sulfide) groups is 1. The smallest absolute Gasteiger partial charge is 0.254 e. The Bertz CT molecular complexity index is 447. The van der Waals surface area contributed by atoms with Gasteiger partial charge in [-0.25, -0.2) is 0 Å².